The molecule has 1 N–H and O–H groups in total. The van der Waals surface area contributed by atoms with Crippen molar-refractivity contribution in [1.29, 1.82) is 0 Å². The Morgan fingerprint density at radius 2 is 1.61 bits per heavy atom. The Labute approximate surface area is 118 Å². The third-order valence-corrected chi connectivity index (χ3v) is 2.34. The molecule has 4 heteroatoms. The van der Waals surface area contributed by atoms with Gasteiger partial charge in [-0.05, 0) is 17.7 Å². The zero-order chi connectivity index (χ0) is 12.1. The molecule has 18 heavy (non-hydrogen) atoms. The van der Waals surface area contributed by atoms with E-state index in [1.807, 2.05) is 30.3 Å². The summed E-state index contributed by atoms with van der Waals surface area (Å²) in [5.74, 6) is -0.586. The summed E-state index contributed by atoms with van der Waals surface area (Å²) in [6.07, 6.45) is 0. The van der Waals surface area contributed by atoms with Crippen LogP contribution in [0, 0.1) is 0 Å². The quantitative estimate of drug-likeness (QED) is 0.699. The summed E-state index contributed by atoms with van der Waals surface area (Å²) in [6.45, 7) is 0.202. The number of hydrogen-bond acceptors (Lipinski definition) is 3. The smallest absolute Gasteiger partial charge is 0.507 e. The van der Waals surface area contributed by atoms with Gasteiger partial charge in [0.05, 0.1) is 0 Å². The van der Waals surface area contributed by atoms with E-state index < -0.39 is 5.97 Å². The molecule has 0 aliphatic heterocycles. The molecule has 0 atom stereocenters. The summed E-state index contributed by atoms with van der Waals surface area (Å²) in [7, 11) is 0. The molecule has 2 aromatic rings. The van der Waals surface area contributed by atoms with Crippen molar-refractivity contribution in [3.8, 4) is 5.75 Å². The normalized spacial score (nSPS) is 9.33. The molecule has 0 aromatic heterocycles. The van der Waals surface area contributed by atoms with Gasteiger partial charge in [-0.2, -0.15) is 0 Å². The Hall–Kier alpha value is -1.67. The number of phenolic OH excluding ortho intramolecular Hbond substituents is 1. The first-order valence-electron chi connectivity index (χ1n) is 5.26. The van der Waals surface area contributed by atoms with Gasteiger partial charge in [0.25, 0.3) is 0 Å². The van der Waals surface area contributed by atoms with Crippen LogP contribution < -0.4 is 0 Å². The van der Waals surface area contributed by atoms with E-state index in [-0.39, 0.29) is 37.4 Å². The molecule has 0 unspecified atom stereocenters. The molecule has 0 heterocycles. The predicted octanol–water partition coefficient (Wildman–Crippen LogP) is 2.75. The monoisotopic (exact) mass is 292 g/mol. The van der Waals surface area contributed by atoms with E-state index in [1.54, 1.807) is 12.1 Å². The van der Waals surface area contributed by atoms with Crippen molar-refractivity contribution in [2.24, 2.45) is 0 Å². The molecule has 0 radical (unpaired) electrons. The van der Waals surface area contributed by atoms with Crippen molar-refractivity contribution in [3.63, 3.8) is 0 Å². The average molecular weight is 294 g/mol. The van der Waals surface area contributed by atoms with Crippen LogP contribution in [0.3, 0.4) is 0 Å². The number of phenols is 1. The number of hydrogen-bond donors (Lipinski definition) is 1. The van der Waals surface area contributed by atoms with Crippen LogP contribution in [0.1, 0.15) is 15.9 Å². The summed E-state index contributed by atoms with van der Waals surface area (Å²) in [5, 5.41) is 9.48. The largest absolute Gasteiger partial charge is 2.00 e. The second kappa shape index (κ2) is 6.92. The summed E-state index contributed by atoms with van der Waals surface area (Å²) >= 11 is 0. The second-order valence-electron chi connectivity index (χ2n) is 3.58. The van der Waals surface area contributed by atoms with Crippen LogP contribution in [0.4, 0.5) is 0 Å². The first kappa shape index (κ1) is 14.4. The van der Waals surface area contributed by atoms with Crippen molar-refractivity contribution < 1.29 is 34.1 Å². The SMILES string of the molecule is O=C(OCc1ccccc1)c1ccccc1O.[Zn+2]. The van der Waals surface area contributed by atoms with E-state index in [2.05, 4.69) is 0 Å². The van der Waals surface area contributed by atoms with Gasteiger partial charge >= 0.3 is 25.4 Å². The van der Waals surface area contributed by atoms with E-state index in [0.29, 0.717) is 0 Å². The third-order valence-electron chi connectivity index (χ3n) is 2.34. The minimum atomic E-state index is -0.521. The molecular formula is C14H12O3Zn+2. The maximum absolute atomic E-state index is 11.7. The first-order chi connectivity index (χ1) is 8.27. The Kier molecular flexibility index (Phi) is 5.54. The van der Waals surface area contributed by atoms with Gasteiger partial charge in [-0.3, -0.25) is 0 Å². The minimum absolute atomic E-state index is 0. The molecular weight excluding hydrogens is 282 g/mol. The van der Waals surface area contributed by atoms with Gasteiger partial charge in [-0.15, -0.1) is 0 Å². The molecule has 0 bridgehead atoms. The van der Waals surface area contributed by atoms with E-state index in [9.17, 15) is 9.90 Å². The number of para-hydroxylation sites is 1. The van der Waals surface area contributed by atoms with Crippen molar-refractivity contribution >= 4 is 5.97 Å². The van der Waals surface area contributed by atoms with E-state index in [0.717, 1.165) is 5.56 Å². The molecule has 0 saturated heterocycles. The molecule has 2 aromatic carbocycles. The molecule has 0 fully saturated rings. The second-order valence-corrected chi connectivity index (χ2v) is 3.58. The van der Waals surface area contributed by atoms with Gasteiger partial charge in [0, 0.05) is 0 Å². The van der Waals surface area contributed by atoms with Gasteiger partial charge in [-0.1, -0.05) is 42.5 Å². The zero-order valence-electron chi connectivity index (χ0n) is 9.87. The molecule has 2 rings (SSSR count). The number of rotatable bonds is 3. The number of aromatic hydroxyl groups is 1. The summed E-state index contributed by atoms with van der Waals surface area (Å²) in [4.78, 5) is 11.7. The van der Waals surface area contributed by atoms with Crippen LogP contribution in [0.15, 0.2) is 54.6 Å². The third kappa shape index (κ3) is 3.67. The van der Waals surface area contributed by atoms with Gasteiger partial charge in [-0.25, -0.2) is 4.79 Å². The van der Waals surface area contributed by atoms with E-state index in [1.165, 1.54) is 12.1 Å². The predicted molar refractivity (Wildman–Crippen MR) is 63.7 cm³/mol. The van der Waals surface area contributed by atoms with Crippen molar-refractivity contribution in [1.82, 2.24) is 0 Å². The van der Waals surface area contributed by atoms with Gasteiger partial charge < -0.3 is 9.84 Å². The van der Waals surface area contributed by atoms with Gasteiger partial charge in [0.2, 0.25) is 0 Å². The van der Waals surface area contributed by atoms with Crippen LogP contribution >= 0.6 is 0 Å². The number of ether oxygens (including phenoxy) is 1. The first-order valence-corrected chi connectivity index (χ1v) is 5.26. The molecule has 0 amide bonds. The molecule has 0 aliphatic rings. The Bertz CT molecular complexity index is 511. The Morgan fingerprint density at radius 1 is 1.00 bits per heavy atom. The van der Waals surface area contributed by atoms with Crippen molar-refractivity contribution in [3.05, 3.63) is 65.7 Å². The number of carbonyl (C=O) groups is 1. The summed E-state index contributed by atoms with van der Waals surface area (Å²) in [5.41, 5.74) is 1.10. The number of esters is 1. The summed E-state index contributed by atoms with van der Waals surface area (Å²) < 4.78 is 5.10. The molecule has 0 aliphatic carbocycles. The van der Waals surface area contributed by atoms with E-state index in [4.69, 9.17) is 4.74 Å². The topological polar surface area (TPSA) is 46.5 Å². The molecule has 86 valence electrons. The van der Waals surface area contributed by atoms with Crippen LogP contribution in [-0.4, -0.2) is 11.1 Å². The maximum Gasteiger partial charge on any atom is 2.00 e. The molecule has 3 nitrogen and oxygen atoms in total. The fraction of sp³-hybridized carbons (Fsp3) is 0.0714. The van der Waals surface area contributed by atoms with Crippen LogP contribution in [0.5, 0.6) is 5.75 Å². The van der Waals surface area contributed by atoms with Crippen LogP contribution in [0.2, 0.25) is 0 Å². The average Bonchev–Trinajstić information content (AvgIpc) is 2.38. The number of carbonyl (C=O) groups excluding carboxylic acids is 1. The maximum atomic E-state index is 11.7. The Morgan fingerprint density at radius 3 is 2.28 bits per heavy atom. The van der Waals surface area contributed by atoms with Gasteiger partial charge in [0.1, 0.15) is 17.9 Å². The van der Waals surface area contributed by atoms with Gasteiger partial charge in [0.15, 0.2) is 0 Å². The fourth-order valence-corrected chi connectivity index (χ4v) is 1.45. The van der Waals surface area contributed by atoms with E-state index >= 15 is 0 Å². The fourth-order valence-electron chi connectivity index (χ4n) is 1.45. The molecule has 0 saturated carbocycles. The standard InChI is InChI=1S/C14H12O3.Zn/c15-13-9-5-4-8-12(13)14(16)17-10-11-6-2-1-3-7-11;/h1-9,15H,10H2;/q;+2. The zero-order valence-corrected chi connectivity index (χ0v) is 12.8. The van der Waals surface area contributed by atoms with Crippen molar-refractivity contribution in [2.45, 2.75) is 6.61 Å². The number of benzene rings is 2. The van der Waals surface area contributed by atoms with Crippen LogP contribution in [-0.2, 0) is 30.8 Å². The summed E-state index contributed by atoms with van der Waals surface area (Å²) in [6, 6.07) is 15.7. The van der Waals surface area contributed by atoms with Crippen molar-refractivity contribution in [2.75, 3.05) is 0 Å². The Balaban J connectivity index is 0.00000162. The molecule has 0 spiro atoms. The minimum Gasteiger partial charge on any atom is -0.507 e. The van der Waals surface area contributed by atoms with Crippen LogP contribution in [0.25, 0.3) is 0 Å².